The highest BCUT2D eigenvalue weighted by Crippen LogP contribution is 2.40. The molecule has 3 N–H and O–H groups in total. The summed E-state index contributed by atoms with van der Waals surface area (Å²) in [4.78, 5) is 0. The van der Waals surface area contributed by atoms with Crippen molar-refractivity contribution in [1.82, 2.24) is 0 Å². The van der Waals surface area contributed by atoms with Crippen LogP contribution in [0.4, 0.5) is 5.69 Å². The van der Waals surface area contributed by atoms with Crippen molar-refractivity contribution in [1.29, 1.82) is 0 Å². The lowest BCUT2D eigenvalue weighted by atomic mass is 9.93. The molecule has 0 spiro atoms. The number of nitrogens with two attached hydrogens (primary N) is 1. The van der Waals surface area contributed by atoms with Crippen LogP contribution in [0.3, 0.4) is 0 Å². The first kappa shape index (κ1) is 9.54. The number of benzene rings is 4. The molecule has 0 amide bonds. The molecule has 0 bridgehead atoms. The van der Waals surface area contributed by atoms with Crippen LogP contribution in [-0.2, 0) is 0 Å². The lowest BCUT2D eigenvalue weighted by Crippen LogP contribution is -1.89. The Bertz CT molecular complexity index is 880. The summed E-state index contributed by atoms with van der Waals surface area (Å²) in [5.41, 5.74) is 6.27. The smallest absolute Gasteiger partial charge is 0.146 e. The first-order valence-corrected chi connectivity index (χ1v) is 5.91. The maximum atomic E-state index is 10.1. The third kappa shape index (κ3) is 1.02. The van der Waals surface area contributed by atoms with Gasteiger partial charge in [-0.3, -0.25) is 0 Å². The molecule has 0 aliphatic carbocycles. The second-order valence-electron chi connectivity index (χ2n) is 4.67. The van der Waals surface area contributed by atoms with Gasteiger partial charge in [-0.15, -0.1) is 0 Å². The lowest BCUT2D eigenvalue weighted by molar-refractivity contribution is 0.484. The molecule has 0 aromatic heterocycles. The molecule has 0 aliphatic rings. The van der Waals surface area contributed by atoms with E-state index in [1.807, 2.05) is 18.2 Å². The molecule has 4 aromatic rings. The van der Waals surface area contributed by atoms with Gasteiger partial charge in [-0.25, -0.2) is 0 Å². The van der Waals surface area contributed by atoms with Crippen LogP contribution >= 0.6 is 0 Å². The van der Waals surface area contributed by atoms with Gasteiger partial charge in [-0.05, 0) is 33.7 Å². The Morgan fingerprint density at radius 1 is 0.778 bits per heavy atom. The molecule has 0 unspecified atom stereocenters. The zero-order valence-electron chi connectivity index (χ0n) is 9.64. The van der Waals surface area contributed by atoms with Gasteiger partial charge in [0.15, 0.2) is 0 Å². The van der Waals surface area contributed by atoms with Gasteiger partial charge in [0, 0.05) is 10.8 Å². The quantitative estimate of drug-likeness (QED) is 0.275. The van der Waals surface area contributed by atoms with Gasteiger partial charge in [0.1, 0.15) is 5.75 Å². The normalized spacial score (nSPS) is 11.8. The van der Waals surface area contributed by atoms with E-state index in [0.29, 0.717) is 5.69 Å². The molecule has 0 saturated carbocycles. The molecule has 4 rings (SSSR count). The number of anilines is 1. The fourth-order valence-corrected chi connectivity index (χ4v) is 2.82. The second-order valence-corrected chi connectivity index (χ2v) is 4.67. The lowest BCUT2D eigenvalue weighted by Gasteiger charge is -2.12. The molecular formula is C16H11NO. The molecule has 0 aliphatic heterocycles. The van der Waals surface area contributed by atoms with E-state index in [9.17, 15) is 5.11 Å². The van der Waals surface area contributed by atoms with Crippen LogP contribution in [0, 0.1) is 0 Å². The average Bonchev–Trinajstić information content (AvgIpc) is 2.40. The molecule has 0 fully saturated rings. The van der Waals surface area contributed by atoms with Crippen LogP contribution in [0.2, 0.25) is 0 Å². The van der Waals surface area contributed by atoms with E-state index in [-0.39, 0.29) is 5.75 Å². The Hall–Kier alpha value is -2.48. The van der Waals surface area contributed by atoms with E-state index in [1.54, 1.807) is 0 Å². The fourth-order valence-electron chi connectivity index (χ4n) is 2.82. The van der Waals surface area contributed by atoms with Crippen LogP contribution in [-0.4, -0.2) is 5.11 Å². The molecule has 86 valence electrons. The van der Waals surface area contributed by atoms with Crippen molar-refractivity contribution >= 4 is 38.0 Å². The summed E-state index contributed by atoms with van der Waals surface area (Å²) >= 11 is 0. The van der Waals surface area contributed by atoms with Gasteiger partial charge in [0.2, 0.25) is 0 Å². The molecule has 18 heavy (non-hydrogen) atoms. The highest BCUT2D eigenvalue weighted by molar-refractivity contribution is 6.25. The molecule has 2 heteroatoms. The standard InChI is InChI=1S/C16H11NO/c17-13-8-11-5-4-9-2-1-3-10-6-7-12(16(13)18)15(11)14(9)10/h1-8,18H,17H2. The fraction of sp³-hybridized carbons (Fsp3) is 0. The van der Waals surface area contributed by atoms with Crippen LogP contribution < -0.4 is 5.73 Å². The molecule has 2 nitrogen and oxygen atoms in total. The maximum absolute atomic E-state index is 10.1. The van der Waals surface area contributed by atoms with E-state index >= 15 is 0 Å². The summed E-state index contributed by atoms with van der Waals surface area (Å²) < 4.78 is 0. The van der Waals surface area contributed by atoms with Gasteiger partial charge in [0.25, 0.3) is 0 Å². The number of rotatable bonds is 0. The monoisotopic (exact) mass is 233 g/mol. The topological polar surface area (TPSA) is 46.2 Å². The molecular weight excluding hydrogens is 222 g/mol. The largest absolute Gasteiger partial charge is 0.505 e. The predicted octanol–water partition coefficient (Wildman–Crippen LogP) is 3.87. The number of nitrogen functional groups attached to an aromatic ring is 1. The average molecular weight is 233 g/mol. The summed E-state index contributed by atoms with van der Waals surface area (Å²) in [6.07, 6.45) is 0. The van der Waals surface area contributed by atoms with Crippen molar-refractivity contribution in [3.63, 3.8) is 0 Å². The van der Waals surface area contributed by atoms with E-state index in [4.69, 9.17) is 5.73 Å². The van der Waals surface area contributed by atoms with Crippen molar-refractivity contribution in [3.8, 4) is 5.75 Å². The van der Waals surface area contributed by atoms with Crippen LogP contribution in [0.5, 0.6) is 5.75 Å². The SMILES string of the molecule is Nc1cc2ccc3cccc4ccc(c1O)c2c34. The minimum atomic E-state index is 0.181. The van der Waals surface area contributed by atoms with Crippen molar-refractivity contribution in [3.05, 3.63) is 48.5 Å². The number of phenols is 1. The highest BCUT2D eigenvalue weighted by atomic mass is 16.3. The Kier molecular flexibility index (Phi) is 1.61. The van der Waals surface area contributed by atoms with Crippen molar-refractivity contribution in [2.24, 2.45) is 0 Å². The summed E-state index contributed by atoms with van der Waals surface area (Å²) in [6, 6.07) is 16.2. The highest BCUT2D eigenvalue weighted by Gasteiger charge is 2.12. The Labute approximate surface area is 104 Å². The summed E-state index contributed by atoms with van der Waals surface area (Å²) in [7, 11) is 0. The minimum absolute atomic E-state index is 0.181. The number of aromatic hydroxyl groups is 1. The first-order valence-electron chi connectivity index (χ1n) is 5.91. The molecule has 0 heterocycles. The van der Waals surface area contributed by atoms with Gasteiger partial charge >= 0.3 is 0 Å². The van der Waals surface area contributed by atoms with E-state index in [2.05, 4.69) is 30.3 Å². The summed E-state index contributed by atoms with van der Waals surface area (Å²) in [5, 5.41) is 16.7. The summed E-state index contributed by atoms with van der Waals surface area (Å²) in [5.74, 6) is 0.181. The van der Waals surface area contributed by atoms with Gasteiger partial charge in [-0.2, -0.15) is 0 Å². The van der Waals surface area contributed by atoms with Gasteiger partial charge in [0.05, 0.1) is 5.69 Å². The van der Waals surface area contributed by atoms with Crippen molar-refractivity contribution < 1.29 is 5.11 Å². The van der Waals surface area contributed by atoms with Gasteiger partial charge < -0.3 is 10.8 Å². The molecule has 4 aromatic carbocycles. The Morgan fingerprint density at radius 3 is 2.22 bits per heavy atom. The van der Waals surface area contributed by atoms with Gasteiger partial charge in [-0.1, -0.05) is 36.4 Å². The van der Waals surface area contributed by atoms with Crippen LogP contribution in [0.1, 0.15) is 0 Å². The molecule has 0 radical (unpaired) electrons. The minimum Gasteiger partial charge on any atom is -0.505 e. The molecule has 0 saturated heterocycles. The molecule has 0 atom stereocenters. The number of phenolic OH excluding ortho intramolecular Hbond substituents is 1. The third-order valence-corrected chi connectivity index (χ3v) is 3.65. The van der Waals surface area contributed by atoms with Crippen LogP contribution in [0.15, 0.2) is 48.5 Å². The Morgan fingerprint density at radius 2 is 1.44 bits per heavy atom. The van der Waals surface area contributed by atoms with Crippen LogP contribution in [0.25, 0.3) is 32.3 Å². The van der Waals surface area contributed by atoms with E-state index < -0.39 is 0 Å². The second kappa shape index (κ2) is 3.05. The predicted molar refractivity (Wildman–Crippen MR) is 76.2 cm³/mol. The van der Waals surface area contributed by atoms with Crippen molar-refractivity contribution in [2.45, 2.75) is 0 Å². The summed E-state index contributed by atoms with van der Waals surface area (Å²) in [6.45, 7) is 0. The maximum Gasteiger partial charge on any atom is 0.146 e. The van der Waals surface area contributed by atoms with E-state index in [1.165, 1.54) is 16.2 Å². The first-order chi connectivity index (χ1) is 8.75. The Balaban J connectivity index is 2.46. The zero-order chi connectivity index (χ0) is 12.3. The van der Waals surface area contributed by atoms with Crippen molar-refractivity contribution in [2.75, 3.05) is 5.73 Å². The number of hydrogen-bond donors (Lipinski definition) is 2. The number of hydrogen-bond acceptors (Lipinski definition) is 2. The zero-order valence-corrected chi connectivity index (χ0v) is 9.64. The van der Waals surface area contributed by atoms with E-state index in [0.717, 1.165) is 16.2 Å². The third-order valence-electron chi connectivity index (χ3n) is 3.65.